The Morgan fingerprint density at radius 2 is 2.10 bits per heavy atom. The third-order valence-corrected chi connectivity index (χ3v) is 5.17. The average molecular weight is 396 g/mol. The number of ether oxygens (including phenoxy) is 2. The Morgan fingerprint density at radius 3 is 2.97 bits per heavy atom. The van der Waals surface area contributed by atoms with E-state index in [1.54, 1.807) is 10.7 Å². The Bertz CT molecular complexity index is 1110. The SMILES string of the molecule is C=C1N[C@@H](C)COc2ncc(F)cc2CN2c3nc4c1cnn4cc3OC[C@H]2C. The summed E-state index contributed by atoms with van der Waals surface area (Å²) in [7, 11) is 0. The molecule has 0 amide bonds. The van der Waals surface area contributed by atoms with E-state index < -0.39 is 5.82 Å². The molecule has 0 unspecified atom stereocenters. The minimum Gasteiger partial charge on any atom is -0.486 e. The number of anilines is 1. The van der Waals surface area contributed by atoms with Crippen molar-refractivity contribution in [2.24, 2.45) is 0 Å². The summed E-state index contributed by atoms with van der Waals surface area (Å²) in [6.07, 6.45) is 4.72. The van der Waals surface area contributed by atoms with Crippen molar-refractivity contribution in [1.82, 2.24) is 24.9 Å². The summed E-state index contributed by atoms with van der Waals surface area (Å²) in [5.41, 5.74) is 2.84. The first kappa shape index (κ1) is 17.7. The zero-order valence-electron chi connectivity index (χ0n) is 16.2. The molecule has 1 N–H and O–H groups in total. The van der Waals surface area contributed by atoms with Gasteiger partial charge in [-0.1, -0.05) is 6.58 Å². The molecule has 0 radical (unpaired) electrons. The molecule has 0 aliphatic carbocycles. The van der Waals surface area contributed by atoms with E-state index in [2.05, 4.69) is 26.9 Å². The molecule has 150 valence electrons. The monoisotopic (exact) mass is 396 g/mol. The Balaban J connectivity index is 1.70. The fourth-order valence-corrected chi connectivity index (χ4v) is 3.66. The van der Waals surface area contributed by atoms with Gasteiger partial charge in [0.1, 0.15) is 19.0 Å². The van der Waals surface area contributed by atoms with E-state index in [0.717, 1.165) is 5.56 Å². The Hall–Kier alpha value is -3.36. The second-order valence-electron chi connectivity index (χ2n) is 7.50. The minimum atomic E-state index is -0.404. The summed E-state index contributed by atoms with van der Waals surface area (Å²) in [5.74, 6) is 1.31. The van der Waals surface area contributed by atoms with Crippen LogP contribution in [0.25, 0.3) is 11.3 Å². The summed E-state index contributed by atoms with van der Waals surface area (Å²) < 4.78 is 27.5. The molecule has 8 nitrogen and oxygen atoms in total. The molecule has 29 heavy (non-hydrogen) atoms. The molecule has 0 saturated heterocycles. The standard InChI is InChI=1S/C20H21FN6O2/c1-11-9-29-20-14(4-15(21)5-22-20)7-26-12(2)10-28-17-8-27-18(25-19(17)26)16(6-23-27)13(3)24-11/h4-6,8,11-12,24H,3,7,9-10H2,1-2H3/t11-,12+/m0/s1. The third-order valence-electron chi connectivity index (χ3n) is 5.17. The number of fused-ring (bicyclic) bond motifs is 1. The van der Waals surface area contributed by atoms with Gasteiger partial charge in [-0.2, -0.15) is 5.10 Å². The maximum absolute atomic E-state index is 14.0. The molecule has 2 bridgehead atoms. The molecule has 9 heteroatoms. The van der Waals surface area contributed by atoms with Crippen molar-refractivity contribution < 1.29 is 13.9 Å². The summed E-state index contributed by atoms with van der Waals surface area (Å²) in [4.78, 5) is 11.1. The molecule has 2 aliphatic rings. The van der Waals surface area contributed by atoms with Crippen molar-refractivity contribution in [3.8, 4) is 11.6 Å². The van der Waals surface area contributed by atoms with Crippen LogP contribution in [0.5, 0.6) is 11.6 Å². The molecule has 0 aromatic carbocycles. The van der Waals surface area contributed by atoms with Crippen molar-refractivity contribution in [2.45, 2.75) is 32.5 Å². The van der Waals surface area contributed by atoms with Gasteiger partial charge in [0, 0.05) is 11.3 Å². The third kappa shape index (κ3) is 3.02. The van der Waals surface area contributed by atoms with Crippen LogP contribution < -0.4 is 19.7 Å². The Labute approximate surface area is 167 Å². The Kier molecular flexibility index (Phi) is 4.04. The first-order valence-corrected chi connectivity index (χ1v) is 9.50. The van der Waals surface area contributed by atoms with Gasteiger partial charge in [0.15, 0.2) is 17.2 Å². The van der Waals surface area contributed by atoms with Crippen molar-refractivity contribution in [3.63, 3.8) is 0 Å². The van der Waals surface area contributed by atoms with E-state index in [4.69, 9.17) is 14.5 Å². The van der Waals surface area contributed by atoms with Crippen LogP contribution in [0.1, 0.15) is 25.0 Å². The van der Waals surface area contributed by atoms with Crippen LogP contribution >= 0.6 is 0 Å². The molecular formula is C20H21FN6O2. The lowest BCUT2D eigenvalue weighted by Crippen LogP contribution is -2.41. The van der Waals surface area contributed by atoms with Crippen molar-refractivity contribution >= 4 is 17.2 Å². The maximum Gasteiger partial charge on any atom is 0.218 e. The number of hydrogen-bond donors (Lipinski definition) is 1. The van der Waals surface area contributed by atoms with E-state index in [0.29, 0.717) is 54.1 Å². The highest BCUT2D eigenvalue weighted by molar-refractivity contribution is 5.75. The highest BCUT2D eigenvalue weighted by Gasteiger charge is 2.29. The van der Waals surface area contributed by atoms with E-state index >= 15 is 0 Å². The number of rotatable bonds is 0. The van der Waals surface area contributed by atoms with Crippen LogP contribution in [0, 0.1) is 5.82 Å². The molecule has 2 aliphatic heterocycles. The number of hydrogen-bond acceptors (Lipinski definition) is 7. The lowest BCUT2D eigenvalue weighted by atomic mass is 10.2. The smallest absolute Gasteiger partial charge is 0.218 e. The first-order valence-electron chi connectivity index (χ1n) is 9.50. The van der Waals surface area contributed by atoms with Gasteiger partial charge in [-0.25, -0.2) is 18.9 Å². The molecule has 2 atom stereocenters. The molecule has 0 spiro atoms. The number of aromatic nitrogens is 4. The summed E-state index contributed by atoms with van der Waals surface area (Å²) >= 11 is 0. The largest absolute Gasteiger partial charge is 0.486 e. The fraction of sp³-hybridized carbons (Fsp3) is 0.350. The number of nitrogens with one attached hydrogen (secondary N) is 1. The summed E-state index contributed by atoms with van der Waals surface area (Å²) in [5, 5.41) is 7.71. The van der Waals surface area contributed by atoms with Gasteiger partial charge in [0.05, 0.1) is 42.8 Å². The van der Waals surface area contributed by atoms with Gasteiger partial charge in [-0.15, -0.1) is 0 Å². The lowest BCUT2D eigenvalue weighted by molar-refractivity contribution is 0.259. The molecule has 3 aromatic heterocycles. The molecule has 5 rings (SSSR count). The maximum atomic E-state index is 14.0. The van der Waals surface area contributed by atoms with Crippen LogP contribution in [0.3, 0.4) is 0 Å². The topological polar surface area (TPSA) is 76.8 Å². The zero-order valence-corrected chi connectivity index (χ0v) is 16.2. The predicted molar refractivity (Wildman–Crippen MR) is 105 cm³/mol. The molecule has 0 fully saturated rings. The summed E-state index contributed by atoms with van der Waals surface area (Å²) in [6.45, 7) is 9.40. The van der Waals surface area contributed by atoms with Gasteiger partial charge in [-0.05, 0) is 19.9 Å². The van der Waals surface area contributed by atoms with Crippen molar-refractivity contribution in [3.05, 3.63) is 48.2 Å². The second kappa shape index (κ2) is 6.61. The van der Waals surface area contributed by atoms with Crippen LogP contribution in [0.2, 0.25) is 0 Å². The molecule has 0 saturated carbocycles. The highest BCUT2D eigenvalue weighted by atomic mass is 19.1. The Morgan fingerprint density at radius 1 is 1.24 bits per heavy atom. The minimum absolute atomic E-state index is 0.0327. The molecular weight excluding hydrogens is 375 g/mol. The van der Waals surface area contributed by atoms with E-state index in [-0.39, 0.29) is 12.1 Å². The second-order valence-corrected chi connectivity index (χ2v) is 7.50. The number of nitrogens with zero attached hydrogens (tertiary/aromatic N) is 5. The van der Waals surface area contributed by atoms with Crippen LogP contribution in [0.15, 0.2) is 31.2 Å². The van der Waals surface area contributed by atoms with Gasteiger partial charge in [-0.3, -0.25) is 0 Å². The van der Waals surface area contributed by atoms with E-state index in [1.807, 2.05) is 20.0 Å². The number of pyridine rings is 1. The van der Waals surface area contributed by atoms with Gasteiger partial charge < -0.3 is 19.7 Å². The van der Waals surface area contributed by atoms with E-state index in [1.165, 1.54) is 12.3 Å². The summed E-state index contributed by atoms with van der Waals surface area (Å²) in [6, 6.07) is 1.44. The lowest BCUT2D eigenvalue weighted by Gasteiger charge is -2.35. The van der Waals surface area contributed by atoms with Crippen LogP contribution in [0.4, 0.5) is 10.2 Å². The highest BCUT2D eigenvalue weighted by Crippen LogP contribution is 2.35. The van der Waals surface area contributed by atoms with Gasteiger partial charge >= 0.3 is 0 Å². The number of halogens is 1. The predicted octanol–water partition coefficient (Wildman–Crippen LogP) is 2.39. The molecule has 3 aromatic rings. The quantitative estimate of drug-likeness (QED) is 0.625. The van der Waals surface area contributed by atoms with E-state index in [9.17, 15) is 4.39 Å². The van der Waals surface area contributed by atoms with Gasteiger partial charge in [0.2, 0.25) is 5.88 Å². The van der Waals surface area contributed by atoms with Crippen LogP contribution in [-0.4, -0.2) is 44.9 Å². The van der Waals surface area contributed by atoms with Crippen molar-refractivity contribution in [2.75, 3.05) is 18.1 Å². The first-order chi connectivity index (χ1) is 14.0. The van der Waals surface area contributed by atoms with Crippen LogP contribution in [-0.2, 0) is 6.54 Å². The average Bonchev–Trinajstić information content (AvgIpc) is 3.10. The van der Waals surface area contributed by atoms with Gasteiger partial charge in [0.25, 0.3) is 0 Å². The van der Waals surface area contributed by atoms with Crippen molar-refractivity contribution in [1.29, 1.82) is 0 Å². The molecule has 5 heterocycles. The zero-order chi connectivity index (χ0) is 20.1. The fourth-order valence-electron chi connectivity index (χ4n) is 3.66. The normalized spacial score (nSPS) is 21.3.